The number of alkyl halides is 3. The highest BCUT2D eigenvalue weighted by molar-refractivity contribution is 5.92. The molecule has 2 aromatic carbocycles. The minimum absolute atomic E-state index is 0.00651. The topological polar surface area (TPSA) is 53.0 Å². The van der Waals surface area contributed by atoms with Gasteiger partial charge in [-0.3, -0.25) is 4.79 Å². The van der Waals surface area contributed by atoms with Crippen LogP contribution in [0.2, 0.25) is 0 Å². The van der Waals surface area contributed by atoms with E-state index in [2.05, 4.69) is 31.9 Å². The van der Waals surface area contributed by atoms with E-state index in [1.807, 2.05) is 17.0 Å². The Balaban J connectivity index is 1.34. The van der Waals surface area contributed by atoms with E-state index in [1.165, 1.54) is 23.8 Å². The molecule has 208 valence electrons. The minimum atomic E-state index is -4.40. The number of hydrogen-bond donors (Lipinski definition) is 1. The zero-order chi connectivity index (χ0) is 27.7. The lowest BCUT2D eigenvalue weighted by Crippen LogP contribution is -2.78. The Labute approximate surface area is 227 Å². The zero-order valence-electron chi connectivity index (χ0n) is 22.5. The Morgan fingerprint density at radius 3 is 2.64 bits per heavy atom. The molecule has 2 bridgehead atoms. The number of piperidine rings is 1. The van der Waals surface area contributed by atoms with Gasteiger partial charge in [0.15, 0.2) is 0 Å². The first-order valence-electron chi connectivity index (χ1n) is 13.8. The molecule has 2 fully saturated rings. The van der Waals surface area contributed by atoms with Crippen LogP contribution in [-0.4, -0.2) is 64.7 Å². The fourth-order valence-electron chi connectivity index (χ4n) is 7.84. The number of likely N-dealkylation sites (N-methyl/N-ethyl adjacent to an activating group) is 1. The second-order valence-corrected chi connectivity index (χ2v) is 12.1. The monoisotopic (exact) mass is 540 g/mol. The normalized spacial score (nSPS) is 31.3. The highest BCUT2D eigenvalue weighted by Crippen LogP contribution is 2.64. The van der Waals surface area contributed by atoms with Gasteiger partial charge in [-0.05, 0) is 80.6 Å². The molecular formula is C31H35F3N2O3. The third-order valence-corrected chi connectivity index (χ3v) is 9.50. The molecule has 0 radical (unpaired) electrons. The van der Waals surface area contributed by atoms with Crippen molar-refractivity contribution in [1.29, 1.82) is 0 Å². The van der Waals surface area contributed by atoms with Crippen molar-refractivity contribution in [1.82, 2.24) is 9.80 Å². The Kier molecular flexibility index (Phi) is 6.15. The number of carbonyl (C=O) groups excluding carboxylic acids is 1. The third kappa shape index (κ3) is 3.93. The summed E-state index contributed by atoms with van der Waals surface area (Å²) in [6, 6.07) is 10.7. The lowest BCUT2D eigenvalue weighted by atomic mass is 9.48. The quantitative estimate of drug-likeness (QED) is 0.539. The highest BCUT2D eigenvalue weighted by Gasteiger charge is 2.72. The number of rotatable bonds is 5. The summed E-state index contributed by atoms with van der Waals surface area (Å²) in [4.78, 5) is 17.9. The van der Waals surface area contributed by atoms with Crippen LogP contribution in [0.25, 0.3) is 6.08 Å². The summed E-state index contributed by atoms with van der Waals surface area (Å²) >= 11 is 0. The van der Waals surface area contributed by atoms with Crippen LogP contribution in [0.15, 0.2) is 48.5 Å². The predicted molar refractivity (Wildman–Crippen MR) is 142 cm³/mol. The van der Waals surface area contributed by atoms with E-state index in [9.17, 15) is 23.1 Å². The smallest absolute Gasteiger partial charge is 0.416 e. The summed E-state index contributed by atoms with van der Waals surface area (Å²) in [5, 5.41) is 12.4. The lowest BCUT2D eigenvalue weighted by molar-refractivity contribution is -0.197. The van der Waals surface area contributed by atoms with Gasteiger partial charge in [-0.15, -0.1) is 0 Å². The van der Waals surface area contributed by atoms with Gasteiger partial charge in [0.25, 0.3) is 0 Å². The lowest BCUT2D eigenvalue weighted by Gasteiger charge is -2.64. The molecule has 6 rings (SSSR count). The van der Waals surface area contributed by atoms with Crippen molar-refractivity contribution in [2.45, 2.75) is 74.9 Å². The van der Waals surface area contributed by atoms with E-state index in [4.69, 9.17) is 4.74 Å². The summed E-state index contributed by atoms with van der Waals surface area (Å²) in [6.45, 7) is 5.48. The SMILES string of the molecule is CC(C)CN(C(=O)/C=C/c1ccc(C(F)(F)F)cc1)C1CC[C@@]2(O)[C@H]3Cc4cccc5c4[C@@]2(CCN3C)C1O5. The van der Waals surface area contributed by atoms with Gasteiger partial charge in [0, 0.05) is 24.2 Å². The number of ether oxygens (including phenoxy) is 1. The van der Waals surface area contributed by atoms with Crippen LogP contribution in [0.3, 0.4) is 0 Å². The van der Waals surface area contributed by atoms with Crippen LogP contribution in [0.4, 0.5) is 13.2 Å². The van der Waals surface area contributed by atoms with Crippen LogP contribution in [0.5, 0.6) is 5.75 Å². The first-order chi connectivity index (χ1) is 18.5. The summed E-state index contributed by atoms with van der Waals surface area (Å²) in [5.74, 6) is 0.821. The molecule has 1 saturated carbocycles. The number of amides is 1. The number of aliphatic hydroxyl groups is 1. The molecule has 0 aromatic heterocycles. The van der Waals surface area contributed by atoms with Crippen molar-refractivity contribution in [2.24, 2.45) is 5.92 Å². The van der Waals surface area contributed by atoms with Gasteiger partial charge in [-0.25, -0.2) is 0 Å². The minimum Gasteiger partial charge on any atom is -0.487 e. The number of likely N-dealkylation sites (tertiary alicyclic amines) is 1. The van der Waals surface area contributed by atoms with Gasteiger partial charge in [-0.1, -0.05) is 38.1 Å². The molecule has 8 heteroatoms. The largest absolute Gasteiger partial charge is 0.487 e. The number of carbonyl (C=O) groups is 1. The molecule has 1 amide bonds. The predicted octanol–water partition coefficient (Wildman–Crippen LogP) is 5.06. The first-order valence-corrected chi connectivity index (χ1v) is 13.8. The van der Waals surface area contributed by atoms with Crippen molar-refractivity contribution in [3.05, 3.63) is 70.8 Å². The standard InChI is InChI=1S/C31H35F3N2O3/c1-19(2)18-36(26(37)12-9-20-7-10-22(11-8-20)31(32,33)34)23-13-14-30(38)25-17-21-5-4-6-24-27(21)29(30,28(23)39-24)15-16-35(25)3/h4-12,19,23,25,28,38H,13-18H2,1-3H3/b12-9+/t23?,25-,28?,29+,30-/m1/s1. The van der Waals surface area contributed by atoms with Crippen LogP contribution < -0.4 is 4.74 Å². The molecule has 2 aromatic rings. The van der Waals surface area contributed by atoms with Gasteiger partial charge in [0.2, 0.25) is 5.91 Å². The Morgan fingerprint density at radius 2 is 1.95 bits per heavy atom. The van der Waals surface area contributed by atoms with E-state index in [0.29, 0.717) is 24.9 Å². The molecular weight excluding hydrogens is 505 g/mol. The molecule has 5 atom stereocenters. The molecule has 1 N–H and O–H groups in total. The van der Waals surface area contributed by atoms with E-state index in [-0.39, 0.29) is 30.0 Å². The van der Waals surface area contributed by atoms with Crippen molar-refractivity contribution in [3.63, 3.8) is 0 Å². The third-order valence-electron chi connectivity index (χ3n) is 9.50. The maximum Gasteiger partial charge on any atom is 0.416 e. The molecule has 2 heterocycles. The zero-order valence-corrected chi connectivity index (χ0v) is 22.5. The Hall–Kier alpha value is -2.84. The van der Waals surface area contributed by atoms with Crippen molar-refractivity contribution in [2.75, 3.05) is 20.1 Å². The van der Waals surface area contributed by atoms with Crippen molar-refractivity contribution in [3.8, 4) is 5.75 Å². The van der Waals surface area contributed by atoms with Crippen LogP contribution in [0, 0.1) is 5.92 Å². The summed E-state index contributed by atoms with van der Waals surface area (Å²) in [6.07, 6.45) is 0.978. The van der Waals surface area contributed by atoms with Gasteiger partial charge in [0.05, 0.1) is 22.6 Å². The van der Waals surface area contributed by atoms with Crippen LogP contribution >= 0.6 is 0 Å². The van der Waals surface area contributed by atoms with Crippen molar-refractivity contribution < 1.29 is 27.8 Å². The fourth-order valence-corrected chi connectivity index (χ4v) is 7.84. The number of benzene rings is 2. The maximum absolute atomic E-state index is 13.7. The molecule has 2 aliphatic carbocycles. The van der Waals surface area contributed by atoms with E-state index in [0.717, 1.165) is 42.8 Å². The van der Waals surface area contributed by atoms with Gasteiger partial charge >= 0.3 is 6.18 Å². The number of hydrogen-bond acceptors (Lipinski definition) is 4. The molecule has 2 unspecified atom stereocenters. The fraction of sp³-hybridized carbons (Fsp3) is 0.516. The summed E-state index contributed by atoms with van der Waals surface area (Å²) in [5.41, 5.74) is 0.636. The average molecular weight is 541 g/mol. The van der Waals surface area contributed by atoms with E-state index in [1.54, 1.807) is 6.08 Å². The summed E-state index contributed by atoms with van der Waals surface area (Å²) < 4.78 is 45.6. The van der Waals surface area contributed by atoms with Crippen LogP contribution in [-0.2, 0) is 22.8 Å². The second kappa shape index (κ2) is 9.10. The molecule has 1 spiro atoms. The Bertz CT molecular complexity index is 1310. The Morgan fingerprint density at radius 1 is 1.21 bits per heavy atom. The van der Waals surface area contributed by atoms with Gasteiger partial charge in [0.1, 0.15) is 11.9 Å². The second-order valence-electron chi connectivity index (χ2n) is 12.1. The molecule has 1 saturated heterocycles. The molecule has 2 aliphatic heterocycles. The highest BCUT2D eigenvalue weighted by atomic mass is 19.4. The van der Waals surface area contributed by atoms with Crippen LogP contribution in [0.1, 0.15) is 55.4 Å². The average Bonchev–Trinajstić information content (AvgIpc) is 3.23. The maximum atomic E-state index is 13.7. The van der Waals surface area contributed by atoms with Gasteiger partial charge in [-0.2, -0.15) is 13.2 Å². The summed E-state index contributed by atoms with van der Waals surface area (Å²) in [7, 11) is 2.09. The molecule has 39 heavy (non-hydrogen) atoms. The number of nitrogens with zero attached hydrogens (tertiary/aromatic N) is 2. The molecule has 5 nitrogen and oxygen atoms in total. The van der Waals surface area contributed by atoms with E-state index < -0.39 is 22.8 Å². The van der Waals surface area contributed by atoms with Crippen molar-refractivity contribution >= 4 is 12.0 Å². The van der Waals surface area contributed by atoms with Gasteiger partial charge < -0.3 is 19.6 Å². The first kappa shape index (κ1) is 26.4. The van der Waals surface area contributed by atoms with E-state index >= 15 is 0 Å². The molecule has 4 aliphatic rings. The number of halogens is 3.